The number of imide groups is 2. The Labute approximate surface area is 256 Å². The van der Waals surface area contributed by atoms with Crippen LogP contribution >= 0.6 is 54.5 Å². The molecule has 2 aliphatic rings. The SMILES string of the molecule is CC(C)CN1C(=O)c2cc(-c3ccc(Br)s3)c3c4c(cc(-c5ccc(Br)s5)c(c24)C1=O)C(=O)N(CC(C)C)C3=O. The van der Waals surface area contributed by atoms with Crippen molar-refractivity contribution in [3.63, 3.8) is 0 Å². The number of benzene rings is 2. The molecule has 4 amide bonds. The van der Waals surface area contributed by atoms with Gasteiger partial charge >= 0.3 is 0 Å². The molecule has 2 aromatic heterocycles. The van der Waals surface area contributed by atoms with Crippen LogP contribution in [-0.4, -0.2) is 46.5 Å². The smallest absolute Gasteiger partial charge is 0.262 e. The molecule has 0 saturated heterocycles. The Morgan fingerprint density at radius 2 is 0.975 bits per heavy atom. The fourth-order valence-electron chi connectivity index (χ4n) is 5.53. The first-order valence-electron chi connectivity index (χ1n) is 12.9. The van der Waals surface area contributed by atoms with Gasteiger partial charge < -0.3 is 0 Å². The van der Waals surface area contributed by atoms with Gasteiger partial charge in [-0.3, -0.25) is 29.0 Å². The lowest BCUT2D eigenvalue weighted by molar-refractivity contribution is 0.0572. The van der Waals surface area contributed by atoms with Crippen molar-refractivity contribution in [1.29, 1.82) is 0 Å². The molecule has 0 N–H and O–H groups in total. The molecule has 0 radical (unpaired) electrons. The molecule has 10 heteroatoms. The molecule has 4 aromatic rings. The highest BCUT2D eigenvalue weighted by Gasteiger charge is 2.43. The van der Waals surface area contributed by atoms with Crippen LogP contribution in [0.3, 0.4) is 0 Å². The molecule has 0 spiro atoms. The Kier molecular flexibility index (Phi) is 6.88. The number of halogens is 2. The van der Waals surface area contributed by atoms with Gasteiger partial charge in [-0.05, 0) is 80.1 Å². The Bertz CT molecular complexity index is 1660. The zero-order valence-corrected chi connectivity index (χ0v) is 26.9. The van der Waals surface area contributed by atoms with Crippen molar-refractivity contribution < 1.29 is 19.2 Å². The molecular weight excluding hydrogens is 676 g/mol. The van der Waals surface area contributed by atoms with Crippen molar-refractivity contribution in [1.82, 2.24) is 9.80 Å². The van der Waals surface area contributed by atoms with E-state index in [0.717, 1.165) is 17.3 Å². The Morgan fingerprint density at radius 3 is 1.27 bits per heavy atom. The van der Waals surface area contributed by atoms with E-state index < -0.39 is 23.6 Å². The summed E-state index contributed by atoms with van der Waals surface area (Å²) in [6, 6.07) is 11.1. The third-order valence-electron chi connectivity index (χ3n) is 7.05. The summed E-state index contributed by atoms with van der Waals surface area (Å²) in [6.45, 7) is 8.36. The van der Waals surface area contributed by atoms with Gasteiger partial charge in [-0.15, -0.1) is 22.7 Å². The normalized spacial score (nSPS) is 15.0. The van der Waals surface area contributed by atoms with Crippen molar-refractivity contribution >= 4 is 88.9 Å². The largest absolute Gasteiger partial charge is 0.274 e. The van der Waals surface area contributed by atoms with E-state index in [9.17, 15) is 19.2 Å². The van der Waals surface area contributed by atoms with Crippen molar-refractivity contribution in [2.75, 3.05) is 13.1 Å². The van der Waals surface area contributed by atoms with Crippen LogP contribution in [0.25, 0.3) is 31.7 Å². The highest BCUT2D eigenvalue weighted by molar-refractivity contribution is 9.11. The summed E-state index contributed by atoms with van der Waals surface area (Å²) in [5, 5.41) is 0.791. The molecule has 6 rings (SSSR count). The Hall–Kier alpha value is -2.66. The average molecular weight is 700 g/mol. The molecule has 0 aliphatic carbocycles. The first-order valence-corrected chi connectivity index (χ1v) is 16.1. The fraction of sp³-hybridized carbons (Fsp3) is 0.267. The van der Waals surface area contributed by atoms with Gasteiger partial charge in [-0.2, -0.15) is 0 Å². The van der Waals surface area contributed by atoms with E-state index in [1.165, 1.54) is 32.5 Å². The van der Waals surface area contributed by atoms with Gasteiger partial charge in [0.15, 0.2) is 0 Å². The first-order chi connectivity index (χ1) is 19.0. The van der Waals surface area contributed by atoms with Crippen molar-refractivity contribution in [3.8, 4) is 20.9 Å². The molecule has 4 heterocycles. The van der Waals surface area contributed by atoms with E-state index in [2.05, 4.69) is 31.9 Å². The Balaban J connectivity index is 1.79. The zero-order chi connectivity index (χ0) is 28.6. The highest BCUT2D eigenvalue weighted by atomic mass is 79.9. The summed E-state index contributed by atoms with van der Waals surface area (Å²) in [6.07, 6.45) is 0. The molecule has 40 heavy (non-hydrogen) atoms. The quantitative estimate of drug-likeness (QED) is 0.190. The summed E-state index contributed by atoms with van der Waals surface area (Å²) >= 11 is 9.94. The van der Waals surface area contributed by atoms with Gasteiger partial charge in [0.1, 0.15) is 0 Å². The lowest BCUT2D eigenvalue weighted by atomic mass is 9.80. The van der Waals surface area contributed by atoms with Crippen LogP contribution in [-0.2, 0) is 0 Å². The molecule has 204 valence electrons. The standard InChI is InChI=1S/C30H24Br2N2O4S2/c1-13(2)11-33-27(35)17-9-16(20-6-8-22(32)40-20)26-24-18(28(36)34(30(26)38)12-14(3)4)10-15(19-5-7-21(31)39-19)25(23(17)24)29(33)37/h5-10,13-14H,11-12H2,1-4H3. The summed E-state index contributed by atoms with van der Waals surface area (Å²) in [5.74, 6) is -1.51. The molecular formula is C30H24Br2N2O4S2. The van der Waals surface area contributed by atoms with Crippen molar-refractivity contribution in [2.24, 2.45) is 11.8 Å². The second kappa shape index (κ2) is 10.0. The van der Waals surface area contributed by atoms with E-state index in [-0.39, 0.29) is 24.9 Å². The number of rotatable bonds is 6. The van der Waals surface area contributed by atoms with Crippen molar-refractivity contribution in [2.45, 2.75) is 27.7 Å². The maximum absolute atomic E-state index is 14.1. The fourth-order valence-corrected chi connectivity index (χ4v) is 8.35. The van der Waals surface area contributed by atoms with Crippen LogP contribution < -0.4 is 0 Å². The van der Waals surface area contributed by atoms with E-state index in [0.29, 0.717) is 44.2 Å². The number of amides is 4. The molecule has 0 bridgehead atoms. The zero-order valence-electron chi connectivity index (χ0n) is 22.1. The first kappa shape index (κ1) is 27.5. The van der Waals surface area contributed by atoms with E-state index in [4.69, 9.17) is 0 Å². The summed E-state index contributed by atoms with van der Waals surface area (Å²) in [7, 11) is 0. The summed E-state index contributed by atoms with van der Waals surface area (Å²) in [4.78, 5) is 60.5. The third kappa shape index (κ3) is 4.22. The molecule has 0 unspecified atom stereocenters. The molecule has 0 saturated carbocycles. The van der Waals surface area contributed by atoms with Crippen LogP contribution in [0.5, 0.6) is 0 Å². The number of carbonyl (C=O) groups excluding carboxylic acids is 4. The van der Waals surface area contributed by atoms with Gasteiger partial charge in [-0.1, -0.05) is 27.7 Å². The van der Waals surface area contributed by atoms with Crippen LogP contribution in [0, 0.1) is 11.8 Å². The number of nitrogens with zero attached hydrogens (tertiary/aromatic N) is 2. The van der Waals surface area contributed by atoms with Crippen LogP contribution in [0.4, 0.5) is 0 Å². The number of carbonyl (C=O) groups is 4. The number of thiophene rings is 2. The lowest BCUT2D eigenvalue weighted by Crippen LogP contribution is -2.45. The van der Waals surface area contributed by atoms with Gasteiger partial charge in [0.2, 0.25) is 0 Å². The lowest BCUT2D eigenvalue weighted by Gasteiger charge is -2.35. The molecule has 6 nitrogen and oxygen atoms in total. The molecule has 0 atom stereocenters. The van der Waals surface area contributed by atoms with Crippen LogP contribution in [0.1, 0.15) is 69.1 Å². The monoisotopic (exact) mass is 698 g/mol. The average Bonchev–Trinajstić information content (AvgIpc) is 3.53. The van der Waals surface area contributed by atoms with Gasteiger partial charge in [-0.25, -0.2) is 0 Å². The molecule has 2 aromatic carbocycles. The van der Waals surface area contributed by atoms with Gasteiger partial charge in [0.05, 0.1) is 18.7 Å². The summed E-state index contributed by atoms with van der Waals surface area (Å²) < 4.78 is 1.76. The molecule has 2 aliphatic heterocycles. The minimum Gasteiger partial charge on any atom is -0.274 e. The predicted octanol–water partition coefficient (Wildman–Crippen LogP) is 8.33. The third-order valence-corrected chi connectivity index (χ3v) is 10.4. The topological polar surface area (TPSA) is 74.8 Å². The van der Waals surface area contributed by atoms with E-state index >= 15 is 0 Å². The number of hydrogen-bond acceptors (Lipinski definition) is 6. The van der Waals surface area contributed by atoms with Crippen LogP contribution in [0.2, 0.25) is 0 Å². The summed E-state index contributed by atoms with van der Waals surface area (Å²) in [5.41, 5.74) is 2.59. The van der Waals surface area contributed by atoms with E-state index in [1.54, 1.807) is 12.1 Å². The Morgan fingerprint density at radius 1 is 0.600 bits per heavy atom. The number of hydrogen-bond donors (Lipinski definition) is 0. The van der Waals surface area contributed by atoms with Gasteiger partial charge in [0.25, 0.3) is 23.6 Å². The van der Waals surface area contributed by atoms with Gasteiger partial charge in [0, 0.05) is 55.9 Å². The second-order valence-electron chi connectivity index (χ2n) is 10.9. The second-order valence-corrected chi connectivity index (χ2v) is 15.8. The predicted molar refractivity (Wildman–Crippen MR) is 166 cm³/mol. The van der Waals surface area contributed by atoms with Crippen LogP contribution in [0.15, 0.2) is 44.0 Å². The molecule has 0 fully saturated rings. The maximum Gasteiger partial charge on any atom is 0.262 e. The minimum absolute atomic E-state index is 0.0576. The maximum atomic E-state index is 14.1. The minimum atomic E-state index is -0.408. The highest BCUT2D eigenvalue weighted by Crippen LogP contribution is 2.48. The van der Waals surface area contributed by atoms with Crippen molar-refractivity contribution in [3.05, 3.63) is 66.2 Å². The van der Waals surface area contributed by atoms with E-state index in [1.807, 2.05) is 52.0 Å².